The van der Waals surface area contributed by atoms with E-state index in [9.17, 15) is 4.79 Å². The molecule has 0 saturated carbocycles. The second-order valence-corrected chi connectivity index (χ2v) is 3.87. The zero-order valence-electron chi connectivity index (χ0n) is 11.3. The number of carbonyl (C=O) groups excluding carboxylic acids is 1. The molecule has 0 bridgehead atoms. The summed E-state index contributed by atoms with van der Waals surface area (Å²) in [6.45, 7) is 8.19. The van der Waals surface area contributed by atoms with Gasteiger partial charge in [-0.2, -0.15) is 0 Å². The number of aromatic nitrogens is 1. The largest absolute Gasteiger partial charge is 0.464 e. The Balaban J connectivity index is 2.50. The van der Waals surface area contributed by atoms with Crippen LogP contribution in [0, 0.1) is 0 Å². The molecule has 0 unspecified atom stereocenters. The first-order valence-electron chi connectivity index (χ1n) is 6.21. The van der Waals surface area contributed by atoms with E-state index in [4.69, 9.17) is 0 Å². The minimum Gasteiger partial charge on any atom is -0.464 e. The van der Waals surface area contributed by atoms with Gasteiger partial charge in [-0.25, -0.2) is 9.78 Å². The molecular weight excluding hydrogens is 230 g/mol. The Morgan fingerprint density at radius 2 is 2.17 bits per heavy atom. The summed E-state index contributed by atoms with van der Waals surface area (Å²) in [6, 6.07) is 3.54. The van der Waals surface area contributed by atoms with Gasteiger partial charge in [0.25, 0.3) is 0 Å². The first kappa shape index (κ1) is 14.4. The summed E-state index contributed by atoms with van der Waals surface area (Å²) < 4.78 is 4.63. The fourth-order valence-corrected chi connectivity index (χ4v) is 1.65. The van der Waals surface area contributed by atoms with Gasteiger partial charge in [0.1, 0.15) is 5.69 Å². The molecule has 0 spiro atoms. The predicted molar refractivity (Wildman–Crippen MR) is 71.9 cm³/mol. The molecule has 0 aliphatic heterocycles. The van der Waals surface area contributed by atoms with E-state index >= 15 is 0 Å². The van der Waals surface area contributed by atoms with Crippen LogP contribution in [0.2, 0.25) is 0 Å². The van der Waals surface area contributed by atoms with E-state index in [2.05, 4.69) is 33.8 Å². The molecule has 1 N–H and O–H groups in total. The van der Waals surface area contributed by atoms with E-state index in [0.29, 0.717) is 5.69 Å². The summed E-state index contributed by atoms with van der Waals surface area (Å²) in [6.07, 6.45) is 1.60. The van der Waals surface area contributed by atoms with Crippen molar-refractivity contribution in [3.8, 4) is 0 Å². The van der Waals surface area contributed by atoms with E-state index < -0.39 is 5.97 Å². The van der Waals surface area contributed by atoms with Gasteiger partial charge < -0.3 is 15.0 Å². The van der Waals surface area contributed by atoms with Gasteiger partial charge in [0, 0.05) is 25.0 Å². The Morgan fingerprint density at radius 1 is 1.44 bits per heavy atom. The van der Waals surface area contributed by atoms with Gasteiger partial charge in [-0.05, 0) is 25.2 Å². The third-order valence-corrected chi connectivity index (χ3v) is 2.81. The van der Waals surface area contributed by atoms with Crippen molar-refractivity contribution in [2.75, 3.05) is 38.6 Å². The van der Waals surface area contributed by atoms with Gasteiger partial charge in [0.15, 0.2) is 0 Å². The molecule has 18 heavy (non-hydrogen) atoms. The van der Waals surface area contributed by atoms with Crippen LogP contribution in [0.25, 0.3) is 0 Å². The van der Waals surface area contributed by atoms with E-state index in [1.807, 2.05) is 6.07 Å². The van der Waals surface area contributed by atoms with E-state index in [-0.39, 0.29) is 0 Å². The van der Waals surface area contributed by atoms with Crippen molar-refractivity contribution in [3.05, 3.63) is 24.0 Å². The first-order chi connectivity index (χ1) is 8.71. The molecule has 0 aliphatic carbocycles. The first-order valence-corrected chi connectivity index (χ1v) is 6.21. The normalized spacial score (nSPS) is 10.4. The molecule has 0 saturated heterocycles. The van der Waals surface area contributed by atoms with Crippen molar-refractivity contribution >= 4 is 11.7 Å². The maximum atomic E-state index is 11.3. The lowest BCUT2D eigenvalue weighted by molar-refractivity contribution is 0.0594. The number of methoxy groups -OCH3 is 1. The molecule has 1 aromatic rings. The number of nitrogens with zero attached hydrogens (tertiary/aromatic N) is 2. The Morgan fingerprint density at radius 3 is 2.78 bits per heavy atom. The molecule has 0 atom stereocenters. The van der Waals surface area contributed by atoms with Gasteiger partial charge in [0.05, 0.1) is 7.11 Å². The highest BCUT2D eigenvalue weighted by atomic mass is 16.5. The van der Waals surface area contributed by atoms with Crippen molar-refractivity contribution < 1.29 is 9.53 Å². The number of anilines is 1. The summed E-state index contributed by atoms with van der Waals surface area (Å²) >= 11 is 0. The Labute approximate surface area is 108 Å². The van der Waals surface area contributed by atoms with E-state index in [1.165, 1.54) is 7.11 Å². The predicted octanol–water partition coefficient (Wildman–Crippen LogP) is 1.62. The highest BCUT2D eigenvalue weighted by Crippen LogP contribution is 2.08. The van der Waals surface area contributed by atoms with Crippen LogP contribution < -0.4 is 5.32 Å². The molecule has 0 aromatic carbocycles. The number of pyridine rings is 1. The van der Waals surface area contributed by atoms with Crippen molar-refractivity contribution in [2.24, 2.45) is 0 Å². The fraction of sp³-hybridized carbons (Fsp3) is 0.538. The summed E-state index contributed by atoms with van der Waals surface area (Å²) in [7, 11) is 1.35. The van der Waals surface area contributed by atoms with Crippen LogP contribution in [0.4, 0.5) is 5.69 Å². The zero-order valence-corrected chi connectivity index (χ0v) is 11.3. The quantitative estimate of drug-likeness (QED) is 0.746. The minimum atomic E-state index is -0.414. The SMILES string of the molecule is CCN(CC)CCNc1ccnc(C(=O)OC)c1. The number of carbonyl (C=O) groups is 1. The number of esters is 1. The van der Waals surface area contributed by atoms with Crippen molar-refractivity contribution in [3.63, 3.8) is 0 Å². The van der Waals surface area contributed by atoms with Gasteiger partial charge in [-0.3, -0.25) is 0 Å². The Bertz CT molecular complexity index is 378. The van der Waals surface area contributed by atoms with E-state index in [1.54, 1.807) is 12.3 Å². The topological polar surface area (TPSA) is 54.5 Å². The molecule has 0 aliphatic rings. The molecule has 5 nitrogen and oxygen atoms in total. The monoisotopic (exact) mass is 251 g/mol. The minimum absolute atomic E-state index is 0.324. The molecule has 0 amide bonds. The van der Waals surface area contributed by atoms with Crippen LogP contribution in [0.3, 0.4) is 0 Å². The average Bonchev–Trinajstić information content (AvgIpc) is 2.43. The highest BCUT2D eigenvalue weighted by Gasteiger charge is 2.07. The molecule has 100 valence electrons. The van der Waals surface area contributed by atoms with Crippen LogP contribution in [0.5, 0.6) is 0 Å². The lowest BCUT2D eigenvalue weighted by Crippen LogP contribution is -2.28. The molecule has 0 radical (unpaired) electrons. The smallest absolute Gasteiger partial charge is 0.356 e. The van der Waals surface area contributed by atoms with Crippen molar-refractivity contribution in [2.45, 2.75) is 13.8 Å². The number of ether oxygens (including phenoxy) is 1. The van der Waals surface area contributed by atoms with Gasteiger partial charge in [-0.1, -0.05) is 13.8 Å². The number of rotatable bonds is 7. The molecule has 1 aromatic heterocycles. The lowest BCUT2D eigenvalue weighted by atomic mass is 10.3. The molecule has 1 heterocycles. The van der Waals surface area contributed by atoms with E-state index in [0.717, 1.165) is 31.9 Å². The third kappa shape index (κ3) is 4.33. The zero-order chi connectivity index (χ0) is 13.4. The van der Waals surface area contributed by atoms with Crippen molar-refractivity contribution in [1.82, 2.24) is 9.88 Å². The molecule has 5 heteroatoms. The number of likely N-dealkylation sites (N-methyl/N-ethyl adjacent to an activating group) is 1. The highest BCUT2D eigenvalue weighted by molar-refractivity contribution is 5.88. The van der Waals surface area contributed by atoms with Crippen LogP contribution in [-0.2, 0) is 4.74 Å². The molecular formula is C13H21N3O2. The Kier molecular flexibility index (Phi) is 6.14. The average molecular weight is 251 g/mol. The molecule has 0 fully saturated rings. The second-order valence-electron chi connectivity index (χ2n) is 3.87. The summed E-state index contributed by atoms with van der Waals surface area (Å²) in [5.41, 5.74) is 1.21. The lowest BCUT2D eigenvalue weighted by Gasteiger charge is -2.18. The van der Waals surface area contributed by atoms with Crippen LogP contribution >= 0.6 is 0 Å². The van der Waals surface area contributed by atoms with Crippen molar-refractivity contribution in [1.29, 1.82) is 0 Å². The van der Waals surface area contributed by atoms with Gasteiger partial charge in [0.2, 0.25) is 0 Å². The Hall–Kier alpha value is -1.62. The number of hydrogen-bond donors (Lipinski definition) is 1. The summed E-state index contributed by atoms with van der Waals surface area (Å²) in [5, 5.41) is 3.27. The molecule has 1 rings (SSSR count). The van der Waals surface area contributed by atoms with Gasteiger partial charge in [-0.15, -0.1) is 0 Å². The number of nitrogens with one attached hydrogen (secondary N) is 1. The third-order valence-electron chi connectivity index (χ3n) is 2.81. The maximum absolute atomic E-state index is 11.3. The summed E-state index contributed by atoms with van der Waals surface area (Å²) in [4.78, 5) is 17.6. The maximum Gasteiger partial charge on any atom is 0.356 e. The van der Waals surface area contributed by atoms with Gasteiger partial charge >= 0.3 is 5.97 Å². The van der Waals surface area contributed by atoms with Crippen LogP contribution in [0.1, 0.15) is 24.3 Å². The second kappa shape index (κ2) is 7.66. The number of hydrogen-bond acceptors (Lipinski definition) is 5. The standard InChI is InChI=1S/C13H21N3O2/c1-4-16(5-2)9-8-14-11-6-7-15-12(10-11)13(17)18-3/h6-7,10H,4-5,8-9H2,1-3H3,(H,14,15). The fourth-order valence-electron chi connectivity index (χ4n) is 1.65. The van der Waals surface area contributed by atoms with Crippen LogP contribution in [0.15, 0.2) is 18.3 Å². The summed E-state index contributed by atoms with van der Waals surface area (Å²) in [5.74, 6) is -0.414. The van der Waals surface area contributed by atoms with Crippen LogP contribution in [-0.4, -0.2) is 49.1 Å².